The number of ether oxygens (including phenoxy) is 2. The summed E-state index contributed by atoms with van der Waals surface area (Å²) in [7, 11) is 0. The quantitative estimate of drug-likeness (QED) is 0.203. The second-order valence-electron chi connectivity index (χ2n) is 4.73. The van der Waals surface area contributed by atoms with Crippen molar-refractivity contribution in [3.8, 4) is 0 Å². The molecule has 0 aromatic carbocycles. The summed E-state index contributed by atoms with van der Waals surface area (Å²) in [5.41, 5.74) is -2.75. The summed E-state index contributed by atoms with van der Waals surface area (Å²) in [6.45, 7) is -2.74. The van der Waals surface area contributed by atoms with Gasteiger partial charge in [0, 0.05) is 0 Å². The highest BCUT2D eigenvalue weighted by molar-refractivity contribution is 5.89. The summed E-state index contributed by atoms with van der Waals surface area (Å²) in [5, 5.41) is 53.9. The number of carboxylic acid groups (broad SMARTS) is 1. The van der Waals surface area contributed by atoms with E-state index in [1.165, 1.54) is 0 Å². The predicted molar refractivity (Wildman–Crippen MR) is 69.9 cm³/mol. The van der Waals surface area contributed by atoms with Crippen molar-refractivity contribution in [2.24, 2.45) is 0 Å². The van der Waals surface area contributed by atoms with Crippen LogP contribution in [0.1, 0.15) is 12.8 Å². The summed E-state index contributed by atoms with van der Waals surface area (Å²) in [6, 6.07) is 0. The molecule has 0 aromatic heterocycles. The van der Waals surface area contributed by atoms with Crippen LogP contribution in [0.15, 0.2) is 0 Å². The Labute approximate surface area is 130 Å². The minimum absolute atomic E-state index is 0.614. The van der Waals surface area contributed by atoms with Gasteiger partial charge in [-0.2, -0.15) is 0 Å². The van der Waals surface area contributed by atoms with Gasteiger partial charge in [0.05, 0.1) is 26.1 Å². The van der Waals surface area contributed by atoms with Crippen LogP contribution in [0.2, 0.25) is 0 Å². The molecule has 0 fully saturated rings. The Bertz CT molecular complexity index is 410. The Balaban J connectivity index is 4.78. The van der Waals surface area contributed by atoms with E-state index in [-0.39, 0.29) is 0 Å². The highest BCUT2D eigenvalue weighted by Gasteiger charge is 2.43. The van der Waals surface area contributed by atoms with Crippen molar-refractivity contribution in [1.29, 1.82) is 0 Å². The molecule has 0 amide bonds. The molecule has 0 heterocycles. The number of carbonyl (C=O) groups excluding carboxylic acids is 2. The van der Waals surface area contributed by atoms with E-state index in [4.69, 9.17) is 25.5 Å². The molecule has 0 saturated carbocycles. The van der Waals surface area contributed by atoms with Crippen LogP contribution in [0, 0.1) is 0 Å². The van der Waals surface area contributed by atoms with Gasteiger partial charge in [0.2, 0.25) is 0 Å². The maximum atomic E-state index is 11.7. The Hall–Kier alpha value is -1.79. The third-order valence-electron chi connectivity index (χ3n) is 2.53. The summed E-state index contributed by atoms with van der Waals surface area (Å²) in [6.07, 6.45) is -5.04. The SMILES string of the molecule is O=C(O)CC(O)(CC(=O)OCC(O)CO)C(=O)OCC(O)CO. The maximum Gasteiger partial charge on any atom is 0.339 e. The fourth-order valence-corrected chi connectivity index (χ4v) is 1.35. The van der Waals surface area contributed by atoms with Crippen LogP contribution in [0.3, 0.4) is 0 Å². The van der Waals surface area contributed by atoms with Crippen molar-refractivity contribution in [2.45, 2.75) is 30.7 Å². The molecular weight excluding hydrogens is 320 g/mol. The minimum Gasteiger partial charge on any atom is -0.481 e. The zero-order chi connectivity index (χ0) is 18.0. The lowest BCUT2D eigenvalue weighted by Gasteiger charge is -2.24. The Morgan fingerprint density at radius 1 is 0.913 bits per heavy atom. The van der Waals surface area contributed by atoms with Crippen LogP contribution >= 0.6 is 0 Å². The summed E-state index contributed by atoms with van der Waals surface area (Å²) >= 11 is 0. The predicted octanol–water partition coefficient (Wildman–Crippen LogP) is -3.62. The van der Waals surface area contributed by atoms with Gasteiger partial charge in [0.15, 0.2) is 5.60 Å². The number of aliphatic hydroxyl groups is 5. The largest absolute Gasteiger partial charge is 0.481 e. The lowest BCUT2D eigenvalue weighted by Crippen LogP contribution is -2.45. The molecule has 0 rings (SSSR count). The molecule has 23 heavy (non-hydrogen) atoms. The van der Waals surface area contributed by atoms with E-state index in [2.05, 4.69) is 9.47 Å². The lowest BCUT2D eigenvalue weighted by molar-refractivity contribution is -0.179. The molecule has 0 aromatic rings. The molecule has 0 aliphatic heterocycles. The number of esters is 2. The molecule has 0 bridgehead atoms. The van der Waals surface area contributed by atoms with Crippen molar-refractivity contribution >= 4 is 17.9 Å². The molecule has 3 atom stereocenters. The second kappa shape index (κ2) is 10.1. The van der Waals surface area contributed by atoms with E-state index in [1.807, 2.05) is 0 Å². The fraction of sp³-hybridized carbons (Fsp3) is 0.750. The van der Waals surface area contributed by atoms with Crippen LogP contribution in [0.4, 0.5) is 0 Å². The average molecular weight is 340 g/mol. The van der Waals surface area contributed by atoms with E-state index < -0.39 is 75.0 Å². The Kier molecular flexibility index (Phi) is 9.29. The monoisotopic (exact) mass is 340 g/mol. The first-order chi connectivity index (χ1) is 10.6. The fourth-order valence-electron chi connectivity index (χ4n) is 1.35. The van der Waals surface area contributed by atoms with Crippen LogP contribution in [-0.4, -0.2) is 92.8 Å². The molecule has 6 N–H and O–H groups in total. The molecule has 134 valence electrons. The van der Waals surface area contributed by atoms with Gasteiger partial charge in [-0.15, -0.1) is 0 Å². The van der Waals surface area contributed by atoms with Crippen LogP contribution < -0.4 is 0 Å². The number of aliphatic carboxylic acids is 1. The minimum atomic E-state index is -2.75. The van der Waals surface area contributed by atoms with Crippen molar-refractivity contribution in [2.75, 3.05) is 26.4 Å². The highest BCUT2D eigenvalue weighted by atomic mass is 16.6. The van der Waals surface area contributed by atoms with Crippen molar-refractivity contribution < 1.29 is 54.5 Å². The molecule has 3 unspecified atom stereocenters. The molecule has 11 nitrogen and oxygen atoms in total. The summed E-state index contributed by atoms with van der Waals surface area (Å²) in [5.74, 6) is -4.30. The zero-order valence-electron chi connectivity index (χ0n) is 12.1. The molecule has 0 radical (unpaired) electrons. The smallest absolute Gasteiger partial charge is 0.339 e. The van der Waals surface area contributed by atoms with Crippen LogP contribution in [-0.2, 0) is 23.9 Å². The lowest BCUT2D eigenvalue weighted by atomic mass is 9.95. The van der Waals surface area contributed by atoms with Gasteiger partial charge in [-0.05, 0) is 0 Å². The first-order valence-electron chi connectivity index (χ1n) is 6.49. The molecular formula is C12H20O11. The van der Waals surface area contributed by atoms with Gasteiger partial charge in [-0.3, -0.25) is 9.59 Å². The second-order valence-corrected chi connectivity index (χ2v) is 4.73. The van der Waals surface area contributed by atoms with Gasteiger partial charge in [0.25, 0.3) is 0 Å². The number of hydrogen-bond donors (Lipinski definition) is 6. The van der Waals surface area contributed by atoms with E-state index >= 15 is 0 Å². The third-order valence-corrected chi connectivity index (χ3v) is 2.53. The molecule has 0 aliphatic rings. The first kappa shape index (κ1) is 21.2. The number of carbonyl (C=O) groups is 3. The van der Waals surface area contributed by atoms with E-state index in [0.717, 1.165) is 0 Å². The third kappa shape index (κ3) is 8.42. The van der Waals surface area contributed by atoms with Gasteiger partial charge in [-0.25, -0.2) is 4.79 Å². The molecule has 11 heteroatoms. The van der Waals surface area contributed by atoms with Crippen LogP contribution in [0.5, 0.6) is 0 Å². The maximum absolute atomic E-state index is 11.7. The van der Waals surface area contributed by atoms with Gasteiger partial charge in [-0.1, -0.05) is 0 Å². The van der Waals surface area contributed by atoms with E-state index in [9.17, 15) is 19.5 Å². The topological polar surface area (TPSA) is 191 Å². The summed E-state index contributed by atoms with van der Waals surface area (Å²) in [4.78, 5) is 33.9. The number of rotatable bonds is 11. The molecule has 0 spiro atoms. The highest BCUT2D eigenvalue weighted by Crippen LogP contribution is 2.19. The molecule has 0 saturated heterocycles. The Morgan fingerprint density at radius 3 is 1.83 bits per heavy atom. The number of hydrogen-bond acceptors (Lipinski definition) is 10. The van der Waals surface area contributed by atoms with Crippen LogP contribution in [0.25, 0.3) is 0 Å². The van der Waals surface area contributed by atoms with E-state index in [1.54, 1.807) is 0 Å². The zero-order valence-corrected chi connectivity index (χ0v) is 12.1. The standard InChI is InChI=1S/C12H20O11/c13-3-7(15)5-22-10(19)2-12(21,1-9(17)18)11(20)23-6-8(16)4-14/h7-8,13-16,21H,1-6H2,(H,17,18). The Morgan fingerprint density at radius 2 is 1.39 bits per heavy atom. The first-order valence-corrected chi connectivity index (χ1v) is 6.49. The number of carboxylic acids is 1. The molecule has 0 aliphatic carbocycles. The van der Waals surface area contributed by atoms with E-state index in [0.29, 0.717) is 0 Å². The van der Waals surface area contributed by atoms with Gasteiger partial charge < -0.3 is 40.1 Å². The van der Waals surface area contributed by atoms with Crippen molar-refractivity contribution in [1.82, 2.24) is 0 Å². The summed E-state index contributed by atoms with van der Waals surface area (Å²) < 4.78 is 8.92. The normalized spacial score (nSPS) is 16.0. The van der Waals surface area contributed by atoms with Crippen molar-refractivity contribution in [3.05, 3.63) is 0 Å². The van der Waals surface area contributed by atoms with Gasteiger partial charge in [0.1, 0.15) is 25.4 Å². The van der Waals surface area contributed by atoms with Crippen molar-refractivity contribution in [3.63, 3.8) is 0 Å². The average Bonchev–Trinajstić information content (AvgIpc) is 2.48. The number of aliphatic hydroxyl groups excluding tert-OH is 4. The van der Waals surface area contributed by atoms with Gasteiger partial charge >= 0.3 is 17.9 Å².